The van der Waals surface area contributed by atoms with Crippen LogP contribution in [0.2, 0.25) is 0 Å². The van der Waals surface area contributed by atoms with Gasteiger partial charge in [-0.1, -0.05) is 0 Å². The molecule has 86 valence electrons. The fourth-order valence-electron chi connectivity index (χ4n) is 1.50. The van der Waals surface area contributed by atoms with E-state index in [1.54, 1.807) is 22.7 Å². The smallest absolute Gasteiger partial charge is 0.114 e. The quantitative estimate of drug-likeness (QED) is 0.772. The lowest BCUT2D eigenvalue weighted by molar-refractivity contribution is 0.224. The van der Waals surface area contributed by atoms with E-state index < -0.39 is 6.10 Å². The topological polar surface area (TPSA) is 20.2 Å². The third-order valence-electron chi connectivity index (χ3n) is 2.37. The zero-order valence-electron chi connectivity index (χ0n) is 8.75. The maximum Gasteiger partial charge on any atom is 0.114 e. The van der Waals surface area contributed by atoms with Crippen molar-refractivity contribution >= 4 is 54.5 Å². The fraction of sp³-hybridized carbons (Fsp3) is 0.273. The maximum atomic E-state index is 10.3. The lowest BCUT2D eigenvalue weighted by Crippen LogP contribution is -1.96. The molecule has 2 heterocycles. The highest BCUT2D eigenvalue weighted by Crippen LogP contribution is 2.38. The Morgan fingerprint density at radius 1 is 1.19 bits per heavy atom. The Bertz CT molecular complexity index is 497. The van der Waals surface area contributed by atoms with Crippen molar-refractivity contribution in [3.8, 4) is 0 Å². The van der Waals surface area contributed by atoms with E-state index >= 15 is 0 Å². The molecule has 0 saturated heterocycles. The van der Waals surface area contributed by atoms with Crippen LogP contribution < -0.4 is 0 Å². The summed E-state index contributed by atoms with van der Waals surface area (Å²) in [4.78, 5) is 2.14. The lowest BCUT2D eigenvalue weighted by Gasteiger charge is -2.07. The molecule has 2 rings (SSSR count). The maximum absolute atomic E-state index is 10.3. The second kappa shape index (κ2) is 4.90. The van der Waals surface area contributed by atoms with Crippen LogP contribution >= 0.6 is 54.5 Å². The highest BCUT2D eigenvalue weighted by atomic mass is 79.9. The second-order valence-electron chi connectivity index (χ2n) is 3.57. The van der Waals surface area contributed by atoms with Gasteiger partial charge in [0.2, 0.25) is 0 Å². The molecule has 0 aliphatic heterocycles. The third kappa shape index (κ3) is 2.43. The number of halogens is 2. The molecule has 1 unspecified atom stereocenters. The molecule has 0 fully saturated rings. The fourth-order valence-corrected chi connectivity index (χ4v) is 4.82. The first-order chi connectivity index (χ1) is 7.49. The summed E-state index contributed by atoms with van der Waals surface area (Å²) in [7, 11) is 0. The van der Waals surface area contributed by atoms with Crippen LogP contribution in [0.15, 0.2) is 19.7 Å². The van der Waals surface area contributed by atoms with Crippen LogP contribution in [0.3, 0.4) is 0 Å². The van der Waals surface area contributed by atoms with Crippen LogP contribution in [0.4, 0.5) is 0 Å². The van der Waals surface area contributed by atoms with Crippen LogP contribution in [0.5, 0.6) is 0 Å². The predicted octanol–water partition coefficient (Wildman–Crippen LogP) is 5.03. The van der Waals surface area contributed by atoms with Crippen molar-refractivity contribution in [2.45, 2.75) is 20.0 Å². The zero-order chi connectivity index (χ0) is 11.9. The summed E-state index contributed by atoms with van der Waals surface area (Å²) in [6.45, 7) is 4.07. The van der Waals surface area contributed by atoms with Crippen LogP contribution in [-0.2, 0) is 0 Å². The molecule has 0 aromatic carbocycles. The summed E-state index contributed by atoms with van der Waals surface area (Å²) >= 11 is 10.2. The number of aliphatic hydroxyl groups is 1. The molecule has 0 saturated carbocycles. The molecule has 2 aromatic rings. The Morgan fingerprint density at radius 3 is 2.31 bits per heavy atom. The van der Waals surface area contributed by atoms with Crippen molar-refractivity contribution in [3.63, 3.8) is 0 Å². The van der Waals surface area contributed by atoms with Crippen molar-refractivity contribution in [2.24, 2.45) is 0 Å². The van der Waals surface area contributed by atoms with Gasteiger partial charge in [-0.3, -0.25) is 0 Å². The minimum absolute atomic E-state index is 0.516. The average molecular weight is 382 g/mol. The monoisotopic (exact) mass is 380 g/mol. The zero-order valence-corrected chi connectivity index (χ0v) is 13.6. The minimum atomic E-state index is -0.516. The molecule has 2 aromatic heterocycles. The van der Waals surface area contributed by atoms with Crippen molar-refractivity contribution < 1.29 is 5.11 Å². The van der Waals surface area contributed by atoms with Gasteiger partial charge in [-0.25, -0.2) is 0 Å². The predicted molar refractivity (Wildman–Crippen MR) is 77.6 cm³/mol. The van der Waals surface area contributed by atoms with E-state index in [9.17, 15) is 5.11 Å². The number of thiophene rings is 2. The van der Waals surface area contributed by atoms with Gasteiger partial charge >= 0.3 is 0 Å². The Labute approximate surface area is 119 Å². The van der Waals surface area contributed by atoms with Gasteiger partial charge in [-0.15, -0.1) is 22.7 Å². The minimum Gasteiger partial charge on any atom is -0.383 e. The van der Waals surface area contributed by atoms with E-state index in [-0.39, 0.29) is 0 Å². The van der Waals surface area contributed by atoms with Crippen molar-refractivity contribution in [1.29, 1.82) is 0 Å². The summed E-state index contributed by atoms with van der Waals surface area (Å²) in [6.07, 6.45) is -0.516. The van der Waals surface area contributed by atoms with Gasteiger partial charge in [0.15, 0.2) is 0 Å². The standard InChI is InChI=1S/C11H10Br2OS2/c1-5-3-8(16-11(5)13)10(14)7-4-9(12)15-6(7)2/h3-4,10,14H,1-2H3. The van der Waals surface area contributed by atoms with E-state index in [1.165, 1.54) is 5.56 Å². The molecule has 0 radical (unpaired) electrons. The van der Waals surface area contributed by atoms with E-state index in [4.69, 9.17) is 0 Å². The Morgan fingerprint density at radius 2 is 1.88 bits per heavy atom. The Hall–Kier alpha value is 0.320. The number of hydrogen-bond acceptors (Lipinski definition) is 3. The number of hydrogen-bond donors (Lipinski definition) is 1. The SMILES string of the molecule is Cc1cc(C(O)c2cc(Br)sc2C)sc1Br. The summed E-state index contributed by atoms with van der Waals surface area (Å²) in [5.41, 5.74) is 2.16. The molecule has 1 N–H and O–H groups in total. The van der Waals surface area contributed by atoms with Gasteiger partial charge < -0.3 is 5.11 Å². The molecular formula is C11H10Br2OS2. The summed E-state index contributed by atoms with van der Waals surface area (Å²) < 4.78 is 2.15. The molecule has 0 aliphatic carbocycles. The van der Waals surface area contributed by atoms with Gasteiger partial charge in [0.1, 0.15) is 6.10 Å². The van der Waals surface area contributed by atoms with Gasteiger partial charge in [0, 0.05) is 15.3 Å². The van der Waals surface area contributed by atoms with Crippen LogP contribution in [-0.4, -0.2) is 5.11 Å². The second-order valence-corrected chi connectivity index (χ2v) is 8.61. The normalized spacial score (nSPS) is 13.1. The summed E-state index contributed by atoms with van der Waals surface area (Å²) in [5, 5.41) is 10.3. The van der Waals surface area contributed by atoms with E-state index in [0.29, 0.717) is 0 Å². The molecule has 0 spiro atoms. The van der Waals surface area contributed by atoms with Gasteiger partial charge in [0.25, 0.3) is 0 Å². The molecule has 1 nitrogen and oxygen atoms in total. The van der Waals surface area contributed by atoms with E-state index in [0.717, 1.165) is 22.9 Å². The van der Waals surface area contributed by atoms with Crippen molar-refractivity contribution in [3.05, 3.63) is 40.6 Å². The first kappa shape index (κ1) is 12.8. The first-order valence-corrected chi connectivity index (χ1v) is 7.90. The highest BCUT2D eigenvalue weighted by molar-refractivity contribution is 9.11. The third-order valence-corrected chi connectivity index (χ3v) is 6.12. The van der Waals surface area contributed by atoms with Gasteiger partial charge in [-0.2, -0.15) is 0 Å². The van der Waals surface area contributed by atoms with Gasteiger partial charge in [-0.05, 0) is 63.4 Å². The Balaban J connectivity index is 2.38. The number of rotatable bonds is 2. The number of aliphatic hydroxyl groups excluding tert-OH is 1. The highest BCUT2D eigenvalue weighted by Gasteiger charge is 2.18. The van der Waals surface area contributed by atoms with Crippen LogP contribution in [0.25, 0.3) is 0 Å². The first-order valence-electron chi connectivity index (χ1n) is 4.68. The molecule has 16 heavy (non-hydrogen) atoms. The Kier molecular flexibility index (Phi) is 3.91. The molecule has 0 aliphatic rings. The molecule has 1 atom stereocenters. The van der Waals surface area contributed by atoms with E-state index in [1.807, 2.05) is 26.0 Å². The van der Waals surface area contributed by atoms with Gasteiger partial charge in [0.05, 0.1) is 7.57 Å². The molecule has 0 bridgehead atoms. The largest absolute Gasteiger partial charge is 0.383 e. The van der Waals surface area contributed by atoms with Crippen molar-refractivity contribution in [2.75, 3.05) is 0 Å². The summed E-state index contributed by atoms with van der Waals surface area (Å²) in [6, 6.07) is 4.03. The van der Waals surface area contributed by atoms with Crippen LogP contribution in [0, 0.1) is 13.8 Å². The summed E-state index contributed by atoms with van der Waals surface area (Å²) in [5.74, 6) is 0. The van der Waals surface area contributed by atoms with Crippen LogP contribution in [0.1, 0.15) is 27.0 Å². The average Bonchev–Trinajstić information content (AvgIpc) is 2.70. The molecule has 0 amide bonds. The lowest BCUT2D eigenvalue weighted by atomic mass is 10.1. The van der Waals surface area contributed by atoms with Crippen molar-refractivity contribution in [1.82, 2.24) is 0 Å². The molecular weight excluding hydrogens is 372 g/mol. The number of aryl methyl sites for hydroxylation is 2. The molecule has 5 heteroatoms. The van der Waals surface area contributed by atoms with E-state index in [2.05, 4.69) is 31.9 Å².